The lowest BCUT2D eigenvalue weighted by atomic mass is 9.20. The standard InChI is InChI=1S/C16H34B2N2/c1-12(2)19(13(3)4)17-10-16(9)11-18(17)20(14(5)6)15(7)8/h12-15H,9-11H2,1-8H3. The van der Waals surface area contributed by atoms with Gasteiger partial charge in [-0.2, -0.15) is 0 Å². The third-order valence-corrected chi connectivity index (χ3v) is 4.59. The van der Waals surface area contributed by atoms with Crippen LogP contribution >= 0.6 is 0 Å². The normalized spacial score (nSPS) is 17.2. The summed E-state index contributed by atoms with van der Waals surface area (Å²) < 4.78 is 0. The van der Waals surface area contributed by atoms with E-state index in [4.69, 9.17) is 0 Å². The van der Waals surface area contributed by atoms with E-state index in [9.17, 15) is 0 Å². The second kappa shape index (κ2) is 7.17. The summed E-state index contributed by atoms with van der Waals surface area (Å²) in [5, 5.41) is 0. The first-order valence-electron chi connectivity index (χ1n) is 8.38. The molecule has 0 aromatic rings. The molecule has 2 nitrogen and oxygen atoms in total. The third-order valence-electron chi connectivity index (χ3n) is 4.59. The van der Waals surface area contributed by atoms with Crippen LogP contribution in [-0.2, 0) is 0 Å². The molecule has 0 aliphatic carbocycles. The van der Waals surface area contributed by atoms with Gasteiger partial charge in [0.05, 0.1) is 0 Å². The van der Waals surface area contributed by atoms with Crippen molar-refractivity contribution in [3.05, 3.63) is 12.2 Å². The number of rotatable bonds is 6. The first-order valence-corrected chi connectivity index (χ1v) is 8.38. The number of nitrogens with zero attached hydrogens (tertiary/aromatic N) is 2. The molecule has 1 aliphatic rings. The van der Waals surface area contributed by atoms with Crippen LogP contribution in [-0.4, -0.2) is 47.3 Å². The molecule has 1 aliphatic heterocycles. The number of hydrogen-bond donors (Lipinski definition) is 0. The van der Waals surface area contributed by atoms with Crippen LogP contribution in [0.5, 0.6) is 0 Å². The Kier molecular flexibility index (Phi) is 6.40. The highest BCUT2D eigenvalue weighted by Gasteiger charge is 2.46. The highest BCUT2D eigenvalue weighted by atomic mass is 15.2. The van der Waals surface area contributed by atoms with Gasteiger partial charge in [0.1, 0.15) is 0 Å². The van der Waals surface area contributed by atoms with E-state index in [2.05, 4.69) is 71.6 Å². The SMILES string of the molecule is C=C1CB(N(C(C)C)C(C)C)B(N(C(C)C)C(C)C)C1. The molecule has 1 fully saturated rings. The Bertz CT molecular complexity index is 280. The van der Waals surface area contributed by atoms with Crippen LogP contribution in [0.4, 0.5) is 0 Å². The molecule has 1 saturated heterocycles. The monoisotopic (exact) mass is 276 g/mol. The fourth-order valence-electron chi connectivity index (χ4n) is 4.28. The molecule has 4 heteroatoms. The van der Waals surface area contributed by atoms with Crippen molar-refractivity contribution >= 4 is 13.5 Å². The Morgan fingerprint density at radius 1 is 0.700 bits per heavy atom. The van der Waals surface area contributed by atoms with E-state index in [1.807, 2.05) is 0 Å². The maximum atomic E-state index is 4.30. The predicted octanol–water partition coefficient (Wildman–Crippen LogP) is 3.86. The van der Waals surface area contributed by atoms with Gasteiger partial charge in [0.2, 0.25) is 13.5 Å². The van der Waals surface area contributed by atoms with Crippen LogP contribution in [0.1, 0.15) is 55.4 Å². The second-order valence-electron chi connectivity index (χ2n) is 7.56. The van der Waals surface area contributed by atoms with E-state index in [1.165, 1.54) is 5.57 Å². The van der Waals surface area contributed by atoms with E-state index in [0.717, 1.165) is 12.6 Å². The third kappa shape index (κ3) is 3.92. The van der Waals surface area contributed by atoms with Crippen molar-refractivity contribution in [3.63, 3.8) is 0 Å². The van der Waals surface area contributed by atoms with Gasteiger partial charge < -0.3 is 9.62 Å². The maximum absolute atomic E-state index is 4.30. The van der Waals surface area contributed by atoms with Crippen LogP contribution in [0.25, 0.3) is 0 Å². The molecule has 0 saturated carbocycles. The van der Waals surface area contributed by atoms with Crippen molar-refractivity contribution in [1.29, 1.82) is 0 Å². The second-order valence-corrected chi connectivity index (χ2v) is 7.56. The van der Waals surface area contributed by atoms with Crippen LogP contribution in [0.3, 0.4) is 0 Å². The summed E-state index contributed by atoms with van der Waals surface area (Å²) in [7, 11) is 0. The zero-order chi connectivity index (χ0) is 15.6. The van der Waals surface area contributed by atoms with Gasteiger partial charge in [-0.1, -0.05) is 61.0 Å². The van der Waals surface area contributed by atoms with Gasteiger partial charge in [-0.3, -0.25) is 0 Å². The van der Waals surface area contributed by atoms with E-state index >= 15 is 0 Å². The highest BCUT2D eigenvalue weighted by Crippen LogP contribution is 2.32. The Hall–Kier alpha value is -0.210. The minimum absolute atomic E-state index is 0.592. The van der Waals surface area contributed by atoms with Crippen molar-refractivity contribution in [2.45, 2.75) is 92.2 Å². The smallest absolute Gasteiger partial charge is 0.213 e. The van der Waals surface area contributed by atoms with Gasteiger partial charge in [-0.25, -0.2) is 0 Å². The van der Waals surface area contributed by atoms with Crippen molar-refractivity contribution in [2.24, 2.45) is 0 Å². The lowest BCUT2D eigenvalue weighted by Crippen LogP contribution is -2.62. The Morgan fingerprint density at radius 2 is 0.950 bits per heavy atom. The minimum atomic E-state index is 0.592. The van der Waals surface area contributed by atoms with Gasteiger partial charge in [0, 0.05) is 0 Å². The Balaban J connectivity index is 3.06. The summed E-state index contributed by atoms with van der Waals surface area (Å²) in [6.45, 7) is 24.2. The fourth-order valence-corrected chi connectivity index (χ4v) is 4.28. The maximum Gasteiger partial charge on any atom is 0.213 e. The summed E-state index contributed by atoms with van der Waals surface area (Å²) in [5.41, 5.74) is 1.43. The molecular weight excluding hydrogens is 242 g/mol. The molecule has 0 aromatic carbocycles. The predicted molar refractivity (Wildman–Crippen MR) is 94.5 cm³/mol. The topological polar surface area (TPSA) is 6.48 Å². The van der Waals surface area contributed by atoms with Crippen molar-refractivity contribution < 1.29 is 0 Å². The Morgan fingerprint density at radius 3 is 1.15 bits per heavy atom. The van der Waals surface area contributed by atoms with Gasteiger partial charge in [-0.05, 0) is 36.8 Å². The molecule has 0 bridgehead atoms. The lowest BCUT2D eigenvalue weighted by Gasteiger charge is -2.43. The lowest BCUT2D eigenvalue weighted by molar-refractivity contribution is 0.292. The molecule has 1 rings (SSSR count). The van der Waals surface area contributed by atoms with Crippen molar-refractivity contribution in [1.82, 2.24) is 9.62 Å². The van der Waals surface area contributed by atoms with Crippen molar-refractivity contribution in [2.75, 3.05) is 0 Å². The summed E-state index contributed by atoms with van der Waals surface area (Å²) in [5.74, 6) is 0. The molecule has 1 heterocycles. The average molecular weight is 276 g/mol. The number of allylic oxidation sites excluding steroid dienone is 1. The van der Waals surface area contributed by atoms with Gasteiger partial charge in [0.15, 0.2) is 0 Å². The minimum Gasteiger partial charge on any atom is -0.342 e. The van der Waals surface area contributed by atoms with Crippen LogP contribution in [0.15, 0.2) is 12.2 Å². The summed E-state index contributed by atoms with van der Waals surface area (Å²) >= 11 is 0. The van der Waals surface area contributed by atoms with E-state index in [1.54, 1.807) is 0 Å². The van der Waals surface area contributed by atoms with E-state index in [0.29, 0.717) is 37.6 Å². The molecule has 0 atom stereocenters. The van der Waals surface area contributed by atoms with Gasteiger partial charge >= 0.3 is 0 Å². The van der Waals surface area contributed by atoms with Crippen LogP contribution in [0, 0.1) is 0 Å². The fraction of sp³-hybridized carbons (Fsp3) is 0.875. The largest absolute Gasteiger partial charge is 0.342 e. The highest BCUT2D eigenvalue weighted by molar-refractivity contribution is 7.21. The molecule has 0 spiro atoms. The molecule has 114 valence electrons. The molecule has 0 radical (unpaired) electrons. The summed E-state index contributed by atoms with van der Waals surface area (Å²) in [4.78, 5) is 5.39. The van der Waals surface area contributed by atoms with Crippen molar-refractivity contribution in [3.8, 4) is 0 Å². The summed E-state index contributed by atoms with van der Waals surface area (Å²) in [6, 6.07) is 2.37. The molecular formula is C16H34B2N2. The van der Waals surface area contributed by atoms with E-state index < -0.39 is 0 Å². The first-order chi connectivity index (χ1) is 9.16. The molecule has 0 N–H and O–H groups in total. The van der Waals surface area contributed by atoms with Gasteiger partial charge in [0.25, 0.3) is 0 Å². The van der Waals surface area contributed by atoms with Gasteiger partial charge in [-0.15, -0.1) is 6.58 Å². The molecule has 0 unspecified atom stereocenters. The quantitative estimate of drug-likeness (QED) is 0.537. The first kappa shape index (κ1) is 17.8. The molecule has 0 amide bonds. The number of hydrogen-bond acceptors (Lipinski definition) is 2. The summed E-state index contributed by atoms with van der Waals surface area (Å²) in [6.07, 6.45) is 2.33. The van der Waals surface area contributed by atoms with Crippen LogP contribution in [0.2, 0.25) is 12.6 Å². The zero-order valence-electron chi connectivity index (χ0n) is 15.0. The molecule has 0 aromatic heterocycles. The Labute approximate surface area is 128 Å². The van der Waals surface area contributed by atoms with E-state index in [-0.39, 0.29) is 0 Å². The average Bonchev–Trinajstić information content (AvgIpc) is 2.57. The van der Waals surface area contributed by atoms with Crippen LogP contribution < -0.4 is 0 Å². The molecule has 20 heavy (non-hydrogen) atoms. The zero-order valence-corrected chi connectivity index (χ0v) is 15.0.